The van der Waals surface area contributed by atoms with Crippen molar-refractivity contribution >= 4 is 5.91 Å². The molecule has 0 radical (unpaired) electrons. The van der Waals surface area contributed by atoms with Gasteiger partial charge in [0.15, 0.2) is 5.60 Å². The zero-order valence-corrected chi connectivity index (χ0v) is 13.5. The van der Waals surface area contributed by atoms with Crippen LogP contribution in [0.1, 0.15) is 44.1 Å². The molecular weight excluding hydrogens is 288 g/mol. The molecule has 0 spiro atoms. The van der Waals surface area contributed by atoms with Gasteiger partial charge in [-0.05, 0) is 37.2 Å². The Morgan fingerprint density at radius 1 is 1.13 bits per heavy atom. The van der Waals surface area contributed by atoms with Crippen molar-refractivity contribution in [3.05, 3.63) is 35.9 Å². The highest BCUT2D eigenvalue weighted by Gasteiger charge is 2.49. The summed E-state index contributed by atoms with van der Waals surface area (Å²) in [4.78, 5) is 13.1. The zero-order valence-electron chi connectivity index (χ0n) is 13.5. The van der Waals surface area contributed by atoms with Crippen molar-refractivity contribution in [3.63, 3.8) is 0 Å². The summed E-state index contributed by atoms with van der Waals surface area (Å²) >= 11 is 0. The van der Waals surface area contributed by atoms with Crippen LogP contribution in [0.2, 0.25) is 0 Å². The molecule has 2 saturated carbocycles. The fourth-order valence-corrected chi connectivity index (χ4v) is 4.91. The van der Waals surface area contributed by atoms with Gasteiger partial charge in [0, 0.05) is 24.5 Å². The van der Waals surface area contributed by atoms with Crippen LogP contribution in [0.5, 0.6) is 0 Å². The topological polar surface area (TPSA) is 61.4 Å². The van der Waals surface area contributed by atoms with Gasteiger partial charge in [-0.2, -0.15) is 0 Å². The second kappa shape index (κ2) is 5.91. The number of amides is 1. The van der Waals surface area contributed by atoms with E-state index in [1.807, 2.05) is 30.3 Å². The van der Waals surface area contributed by atoms with Gasteiger partial charge >= 0.3 is 0 Å². The van der Waals surface area contributed by atoms with Crippen molar-refractivity contribution in [2.24, 2.45) is 11.8 Å². The van der Waals surface area contributed by atoms with Gasteiger partial charge in [0.1, 0.15) is 0 Å². The lowest BCUT2D eigenvalue weighted by Crippen LogP contribution is -2.54. The summed E-state index contributed by atoms with van der Waals surface area (Å²) in [7, 11) is 0. The van der Waals surface area contributed by atoms with Crippen molar-refractivity contribution < 1.29 is 9.90 Å². The lowest BCUT2D eigenvalue weighted by molar-refractivity contribution is -0.148. The largest absolute Gasteiger partial charge is 0.375 e. The van der Waals surface area contributed by atoms with Gasteiger partial charge in [0.25, 0.3) is 5.91 Å². The third kappa shape index (κ3) is 2.48. The molecule has 4 rings (SSSR count). The minimum absolute atomic E-state index is 0.0249. The van der Waals surface area contributed by atoms with Crippen molar-refractivity contribution in [1.82, 2.24) is 10.6 Å². The second-order valence-corrected chi connectivity index (χ2v) is 7.47. The summed E-state index contributed by atoms with van der Waals surface area (Å²) in [6.45, 7) is 0.989. The van der Waals surface area contributed by atoms with Crippen LogP contribution in [0.25, 0.3) is 0 Å². The van der Waals surface area contributed by atoms with Crippen LogP contribution >= 0.6 is 0 Å². The molecule has 124 valence electrons. The highest BCUT2D eigenvalue weighted by atomic mass is 16.3. The second-order valence-electron chi connectivity index (χ2n) is 7.47. The van der Waals surface area contributed by atoms with Gasteiger partial charge in [0.2, 0.25) is 0 Å². The predicted octanol–water partition coefficient (Wildman–Crippen LogP) is 1.93. The maximum atomic E-state index is 13.1. The van der Waals surface area contributed by atoms with Gasteiger partial charge in [-0.25, -0.2) is 0 Å². The third-order valence-electron chi connectivity index (χ3n) is 6.24. The number of aliphatic hydroxyl groups is 1. The molecule has 3 fully saturated rings. The smallest absolute Gasteiger partial charge is 0.257 e. The molecule has 3 aliphatic rings. The first kappa shape index (κ1) is 15.2. The molecule has 4 nitrogen and oxygen atoms in total. The van der Waals surface area contributed by atoms with Crippen LogP contribution in [0.3, 0.4) is 0 Å². The van der Waals surface area contributed by atoms with Gasteiger partial charge < -0.3 is 15.7 Å². The quantitative estimate of drug-likeness (QED) is 0.796. The SMILES string of the molecule is O=C(NC1C2CCC1NC2)C(O)(c1ccccc1)C1CCCC1. The van der Waals surface area contributed by atoms with Crippen LogP contribution in [0.15, 0.2) is 30.3 Å². The lowest BCUT2D eigenvalue weighted by atomic mass is 9.79. The summed E-state index contributed by atoms with van der Waals surface area (Å²) in [6, 6.07) is 10.1. The summed E-state index contributed by atoms with van der Waals surface area (Å²) < 4.78 is 0. The van der Waals surface area contributed by atoms with E-state index < -0.39 is 5.60 Å². The molecule has 4 heteroatoms. The van der Waals surface area contributed by atoms with Gasteiger partial charge in [0.05, 0.1) is 0 Å². The summed E-state index contributed by atoms with van der Waals surface area (Å²) in [6.07, 6.45) is 6.36. The van der Waals surface area contributed by atoms with E-state index >= 15 is 0 Å². The fraction of sp³-hybridized carbons (Fsp3) is 0.632. The number of carbonyl (C=O) groups excluding carboxylic acids is 1. The minimum Gasteiger partial charge on any atom is -0.375 e. The molecule has 1 aromatic rings. The molecule has 3 N–H and O–H groups in total. The first-order valence-electron chi connectivity index (χ1n) is 9.02. The normalized spacial score (nSPS) is 32.8. The monoisotopic (exact) mass is 314 g/mol. The Hall–Kier alpha value is -1.39. The number of fused-ring (bicyclic) bond motifs is 2. The van der Waals surface area contributed by atoms with Gasteiger partial charge in [-0.3, -0.25) is 4.79 Å². The molecule has 4 unspecified atom stereocenters. The van der Waals surface area contributed by atoms with E-state index in [4.69, 9.17) is 0 Å². The van der Waals surface area contributed by atoms with Crippen molar-refractivity contribution in [3.8, 4) is 0 Å². The number of rotatable bonds is 4. The molecule has 1 aromatic carbocycles. The predicted molar refractivity (Wildman–Crippen MR) is 88.7 cm³/mol. The van der Waals surface area contributed by atoms with E-state index in [-0.39, 0.29) is 17.9 Å². The van der Waals surface area contributed by atoms with E-state index in [9.17, 15) is 9.90 Å². The number of carbonyl (C=O) groups is 1. The Kier molecular flexibility index (Phi) is 3.90. The van der Waals surface area contributed by atoms with Crippen molar-refractivity contribution in [1.29, 1.82) is 0 Å². The molecule has 1 amide bonds. The molecular formula is C19H26N2O2. The van der Waals surface area contributed by atoms with E-state index in [2.05, 4.69) is 10.6 Å². The van der Waals surface area contributed by atoms with Crippen molar-refractivity contribution in [2.45, 2.75) is 56.2 Å². The first-order valence-corrected chi connectivity index (χ1v) is 9.02. The molecule has 0 aromatic heterocycles. The first-order chi connectivity index (χ1) is 11.2. The van der Waals surface area contributed by atoms with Crippen LogP contribution < -0.4 is 10.6 Å². The van der Waals surface area contributed by atoms with E-state index in [1.54, 1.807) is 0 Å². The number of piperidine rings is 1. The van der Waals surface area contributed by atoms with Crippen LogP contribution in [-0.4, -0.2) is 29.6 Å². The van der Waals surface area contributed by atoms with Crippen LogP contribution in [0, 0.1) is 11.8 Å². The highest BCUT2D eigenvalue weighted by molar-refractivity contribution is 5.87. The number of nitrogens with one attached hydrogen (secondary N) is 2. The van der Waals surface area contributed by atoms with Gasteiger partial charge in [-0.15, -0.1) is 0 Å². The Morgan fingerprint density at radius 3 is 2.43 bits per heavy atom. The van der Waals surface area contributed by atoms with Crippen LogP contribution in [-0.2, 0) is 10.4 Å². The Morgan fingerprint density at radius 2 is 1.87 bits per heavy atom. The molecule has 1 heterocycles. The maximum absolute atomic E-state index is 13.1. The van der Waals surface area contributed by atoms with E-state index in [0.29, 0.717) is 12.0 Å². The fourth-order valence-electron chi connectivity index (χ4n) is 4.91. The molecule has 1 saturated heterocycles. The number of hydrogen-bond donors (Lipinski definition) is 3. The standard InChI is InChI=1S/C19H26N2O2/c22-18(21-17-13-10-11-16(17)20-12-13)19(23,15-8-4-5-9-15)14-6-2-1-3-7-14/h1-3,6-7,13,15-17,20,23H,4-5,8-12H2,(H,21,22). The van der Waals surface area contributed by atoms with Crippen LogP contribution in [0.4, 0.5) is 0 Å². The molecule has 1 aliphatic heterocycles. The molecule has 2 aliphatic carbocycles. The van der Waals surface area contributed by atoms with Crippen molar-refractivity contribution in [2.75, 3.05) is 6.54 Å². The van der Waals surface area contributed by atoms with E-state index in [1.165, 1.54) is 6.42 Å². The summed E-state index contributed by atoms with van der Waals surface area (Å²) in [5.41, 5.74) is -0.650. The highest BCUT2D eigenvalue weighted by Crippen LogP contribution is 2.41. The summed E-state index contributed by atoms with van der Waals surface area (Å²) in [5.74, 6) is 0.352. The number of benzene rings is 1. The Bertz CT molecular complexity index is 550. The average Bonchev–Trinajstić information content (AvgIpc) is 3.33. The van der Waals surface area contributed by atoms with Gasteiger partial charge in [-0.1, -0.05) is 43.2 Å². The molecule has 4 atom stereocenters. The zero-order chi connectivity index (χ0) is 15.9. The Labute approximate surface area is 137 Å². The third-order valence-corrected chi connectivity index (χ3v) is 6.24. The Balaban J connectivity index is 1.61. The number of hydrogen-bond acceptors (Lipinski definition) is 3. The lowest BCUT2D eigenvalue weighted by Gasteiger charge is -2.35. The summed E-state index contributed by atoms with van der Waals surface area (Å²) in [5, 5.41) is 18.2. The molecule has 2 bridgehead atoms. The van der Waals surface area contributed by atoms with E-state index in [0.717, 1.165) is 44.2 Å². The molecule has 23 heavy (non-hydrogen) atoms. The maximum Gasteiger partial charge on any atom is 0.257 e. The average molecular weight is 314 g/mol. The minimum atomic E-state index is -1.39.